The largest absolute Gasteiger partial charge is 0.373 e. The summed E-state index contributed by atoms with van der Waals surface area (Å²) in [5.74, 6) is 0.440. The topological polar surface area (TPSA) is 24.9 Å². The fraction of sp³-hybridized carbons (Fsp3) is 0.214. The lowest BCUT2D eigenvalue weighted by atomic mass is 9.94. The van der Waals surface area contributed by atoms with E-state index in [1.54, 1.807) is 12.4 Å². The molecule has 0 bridgehead atoms. The molecule has 1 aromatic carbocycles. The number of nitrogens with zero attached hydrogens (tertiary/aromatic N) is 1. The van der Waals surface area contributed by atoms with Crippen molar-refractivity contribution in [3.8, 4) is 0 Å². The maximum Gasteiger partial charge on any atom is 0.0820 e. The van der Waals surface area contributed by atoms with Crippen molar-refractivity contribution in [2.24, 2.45) is 0 Å². The molecule has 0 amide bonds. The average molecular weight is 281 g/mol. The van der Waals surface area contributed by atoms with Gasteiger partial charge in [0.15, 0.2) is 0 Å². The molecule has 1 heterocycles. The number of hydrogen-bond acceptors (Lipinski definition) is 2. The molecule has 94 valence electrons. The van der Waals surface area contributed by atoms with Gasteiger partial charge in [-0.05, 0) is 18.6 Å². The number of aromatic nitrogens is 1. The fourth-order valence-corrected chi connectivity index (χ4v) is 2.15. The predicted molar refractivity (Wildman–Crippen MR) is 77.4 cm³/mol. The molecule has 1 unspecified atom stereocenters. The van der Waals surface area contributed by atoms with Crippen molar-refractivity contribution in [3.05, 3.63) is 59.4 Å². The maximum absolute atomic E-state index is 6.12. The van der Waals surface area contributed by atoms with Crippen LogP contribution in [0.15, 0.2) is 48.8 Å². The zero-order valence-electron chi connectivity index (χ0n) is 10.0. The highest BCUT2D eigenvalue weighted by molar-refractivity contribution is 6.33. The summed E-state index contributed by atoms with van der Waals surface area (Å²) in [6.07, 6.45) is 3.32. The number of alkyl halides is 1. The smallest absolute Gasteiger partial charge is 0.0820 e. The van der Waals surface area contributed by atoms with Gasteiger partial charge in [0.2, 0.25) is 0 Å². The van der Waals surface area contributed by atoms with Gasteiger partial charge >= 0.3 is 0 Å². The van der Waals surface area contributed by atoms with Crippen LogP contribution in [-0.2, 0) is 5.54 Å². The van der Waals surface area contributed by atoms with Crippen LogP contribution >= 0.6 is 23.2 Å². The van der Waals surface area contributed by atoms with E-state index < -0.39 is 0 Å². The number of rotatable bonds is 4. The van der Waals surface area contributed by atoms with Crippen LogP contribution in [0, 0.1) is 0 Å². The van der Waals surface area contributed by atoms with Gasteiger partial charge in [-0.3, -0.25) is 4.98 Å². The van der Waals surface area contributed by atoms with Gasteiger partial charge in [0, 0.05) is 18.3 Å². The van der Waals surface area contributed by atoms with Crippen molar-refractivity contribution in [1.29, 1.82) is 0 Å². The second-order valence-electron chi connectivity index (χ2n) is 4.31. The van der Waals surface area contributed by atoms with E-state index in [4.69, 9.17) is 23.2 Å². The molecule has 2 aromatic rings. The Labute approximate surface area is 117 Å². The Morgan fingerprint density at radius 3 is 2.56 bits per heavy atom. The lowest BCUT2D eigenvalue weighted by Crippen LogP contribution is -2.33. The van der Waals surface area contributed by atoms with Gasteiger partial charge in [-0.15, -0.1) is 11.6 Å². The molecule has 0 saturated carbocycles. The molecule has 1 N–H and O–H groups in total. The Kier molecular flexibility index (Phi) is 4.10. The van der Waals surface area contributed by atoms with Crippen molar-refractivity contribution in [2.45, 2.75) is 12.5 Å². The van der Waals surface area contributed by atoms with E-state index in [1.807, 2.05) is 43.3 Å². The minimum atomic E-state index is -0.367. The number of anilines is 1. The first-order valence-corrected chi connectivity index (χ1v) is 6.56. The molecule has 0 aliphatic carbocycles. The third-order valence-electron chi connectivity index (χ3n) is 2.86. The van der Waals surface area contributed by atoms with Crippen LogP contribution in [0.25, 0.3) is 0 Å². The van der Waals surface area contributed by atoms with E-state index in [-0.39, 0.29) is 5.54 Å². The molecule has 0 saturated heterocycles. The van der Waals surface area contributed by atoms with E-state index >= 15 is 0 Å². The van der Waals surface area contributed by atoms with Gasteiger partial charge in [0.25, 0.3) is 0 Å². The summed E-state index contributed by atoms with van der Waals surface area (Å²) >= 11 is 12.2. The molecule has 4 heteroatoms. The minimum Gasteiger partial charge on any atom is -0.373 e. The Balaban J connectivity index is 2.32. The Morgan fingerprint density at radius 1 is 1.22 bits per heavy atom. The van der Waals surface area contributed by atoms with E-state index in [0.717, 1.165) is 11.3 Å². The first-order valence-electron chi connectivity index (χ1n) is 5.65. The molecule has 0 aliphatic rings. The SMILES string of the molecule is CC(CCl)(Nc1ccncc1Cl)c1ccccc1. The third-order valence-corrected chi connectivity index (χ3v) is 3.70. The van der Waals surface area contributed by atoms with Crippen LogP contribution in [0.3, 0.4) is 0 Å². The quantitative estimate of drug-likeness (QED) is 0.845. The Bertz CT molecular complexity index is 516. The number of benzene rings is 1. The number of hydrogen-bond donors (Lipinski definition) is 1. The van der Waals surface area contributed by atoms with Crippen molar-refractivity contribution >= 4 is 28.9 Å². The predicted octanol–water partition coefficient (Wildman–Crippen LogP) is 4.30. The normalized spacial score (nSPS) is 13.9. The molecule has 1 atom stereocenters. The van der Waals surface area contributed by atoms with Crippen molar-refractivity contribution in [1.82, 2.24) is 4.98 Å². The summed E-state index contributed by atoms with van der Waals surface area (Å²) in [7, 11) is 0. The van der Waals surface area contributed by atoms with Crippen LogP contribution in [0.5, 0.6) is 0 Å². The second-order valence-corrected chi connectivity index (χ2v) is 4.99. The molecule has 0 aliphatic heterocycles. The van der Waals surface area contributed by atoms with Crippen LogP contribution in [0.1, 0.15) is 12.5 Å². The summed E-state index contributed by atoms with van der Waals surface area (Å²) < 4.78 is 0. The lowest BCUT2D eigenvalue weighted by molar-refractivity contribution is 0.617. The molecule has 18 heavy (non-hydrogen) atoms. The summed E-state index contributed by atoms with van der Waals surface area (Å²) in [6, 6.07) is 11.9. The van der Waals surface area contributed by atoms with Crippen LogP contribution in [0.4, 0.5) is 5.69 Å². The van der Waals surface area contributed by atoms with Crippen molar-refractivity contribution in [2.75, 3.05) is 11.2 Å². The maximum atomic E-state index is 6.12. The molecule has 1 aromatic heterocycles. The number of pyridine rings is 1. The van der Waals surface area contributed by atoms with Crippen LogP contribution in [0.2, 0.25) is 5.02 Å². The second kappa shape index (κ2) is 5.59. The molecule has 0 radical (unpaired) electrons. The molecular weight excluding hydrogens is 267 g/mol. The van der Waals surface area contributed by atoms with E-state index in [2.05, 4.69) is 10.3 Å². The fourth-order valence-electron chi connectivity index (χ4n) is 1.76. The van der Waals surface area contributed by atoms with Gasteiger partial charge < -0.3 is 5.32 Å². The minimum absolute atomic E-state index is 0.367. The molecule has 0 spiro atoms. The first kappa shape index (κ1) is 13.2. The monoisotopic (exact) mass is 280 g/mol. The zero-order chi connectivity index (χ0) is 13.0. The zero-order valence-corrected chi connectivity index (χ0v) is 11.5. The van der Waals surface area contributed by atoms with Crippen LogP contribution < -0.4 is 5.32 Å². The van der Waals surface area contributed by atoms with Gasteiger partial charge in [-0.1, -0.05) is 41.9 Å². The van der Waals surface area contributed by atoms with Crippen molar-refractivity contribution in [3.63, 3.8) is 0 Å². The Morgan fingerprint density at radius 2 is 1.94 bits per heavy atom. The average Bonchev–Trinajstić information content (AvgIpc) is 2.42. The van der Waals surface area contributed by atoms with Crippen LogP contribution in [-0.4, -0.2) is 10.9 Å². The van der Waals surface area contributed by atoms with Gasteiger partial charge in [-0.25, -0.2) is 0 Å². The molecule has 2 rings (SSSR count). The van der Waals surface area contributed by atoms with E-state index in [1.165, 1.54) is 0 Å². The van der Waals surface area contributed by atoms with Gasteiger partial charge in [0.05, 0.1) is 16.2 Å². The first-order chi connectivity index (χ1) is 8.65. The van der Waals surface area contributed by atoms with E-state index in [0.29, 0.717) is 10.9 Å². The summed E-state index contributed by atoms with van der Waals surface area (Å²) in [6.45, 7) is 2.05. The molecule has 0 fully saturated rings. The highest BCUT2D eigenvalue weighted by atomic mass is 35.5. The van der Waals surface area contributed by atoms with Gasteiger partial charge in [0.1, 0.15) is 0 Å². The summed E-state index contributed by atoms with van der Waals surface area (Å²) in [4.78, 5) is 3.97. The molecular formula is C14H14Cl2N2. The third kappa shape index (κ3) is 2.77. The Hall–Kier alpha value is -1.25. The summed E-state index contributed by atoms with van der Waals surface area (Å²) in [5, 5.41) is 3.97. The summed E-state index contributed by atoms with van der Waals surface area (Å²) in [5.41, 5.74) is 1.58. The number of halogens is 2. The highest BCUT2D eigenvalue weighted by Crippen LogP contribution is 2.30. The number of nitrogens with one attached hydrogen (secondary N) is 1. The standard InChI is InChI=1S/C14H14Cl2N2/c1-14(10-15,11-5-3-2-4-6-11)18-13-7-8-17-9-12(13)16/h2-9H,10H2,1H3,(H,17,18). The molecule has 2 nitrogen and oxygen atoms in total. The highest BCUT2D eigenvalue weighted by Gasteiger charge is 2.25. The lowest BCUT2D eigenvalue weighted by Gasteiger charge is -2.30. The van der Waals surface area contributed by atoms with Crippen molar-refractivity contribution < 1.29 is 0 Å². The van der Waals surface area contributed by atoms with E-state index in [9.17, 15) is 0 Å². The van der Waals surface area contributed by atoms with Gasteiger partial charge in [-0.2, -0.15) is 0 Å².